The molecule has 0 saturated heterocycles. The van der Waals surface area contributed by atoms with Gasteiger partial charge in [0.1, 0.15) is 12.3 Å². The molecule has 1 aliphatic heterocycles. The van der Waals surface area contributed by atoms with E-state index in [-0.39, 0.29) is 25.0 Å². The maximum Gasteiger partial charge on any atom is 0.330 e. The number of rotatable bonds is 7. The van der Waals surface area contributed by atoms with Gasteiger partial charge in [0.05, 0.1) is 28.2 Å². The van der Waals surface area contributed by atoms with E-state index in [9.17, 15) is 14.4 Å². The summed E-state index contributed by atoms with van der Waals surface area (Å²) in [4.78, 5) is 39.2. The number of hydrogen-bond donors (Lipinski definition) is 0. The molecular formula is C26H19N3O4S. The molecule has 3 heterocycles. The average molecular weight is 470 g/mol. The maximum absolute atomic E-state index is 12.4. The fourth-order valence-corrected chi connectivity index (χ4v) is 4.44. The third kappa shape index (κ3) is 4.18. The number of thiophene rings is 1. The molecule has 7 nitrogen and oxygen atoms in total. The van der Waals surface area contributed by atoms with E-state index in [0.717, 1.165) is 26.7 Å². The Labute approximate surface area is 199 Å². The SMILES string of the molecule is O=C(C=Cc1cn(-c2ccccc2)nc1-c1cccs1)OCCN1C(=O)c2ccccc2C1=O. The van der Waals surface area contributed by atoms with Crippen LogP contribution in [0.4, 0.5) is 0 Å². The van der Waals surface area contributed by atoms with Crippen molar-refractivity contribution in [2.24, 2.45) is 0 Å². The van der Waals surface area contributed by atoms with Crippen molar-refractivity contribution < 1.29 is 19.1 Å². The number of para-hydroxylation sites is 1. The number of benzene rings is 2. The Bertz CT molecular complexity index is 1360. The molecule has 0 radical (unpaired) electrons. The first-order valence-electron chi connectivity index (χ1n) is 10.6. The summed E-state index contributed by atoms with van der Waals surface area (Å²) in [6, 6.07) is 20.3. The van der Waals surface area contributed by atoms with Crippen LogP contribution in [0.15, 0.2) is 84.4 Å². The van der Waals surface area contributed by atoms with Crippen LogP contribution in [-0.2, 0) is 9.53 Å². The van der Waals surface area contributed by atoms with Crippen LogP contribution >= 0.6 is 11.3 Å². The lowest BCUT2D eigenvalue weighted by Crippen LogP contribution is -2.33. The maximum atomic E-state index is 12.4. The molecule has 0 unspecified atom stereocenters. The normalized spacial score (nSPS) is 13.0. The Balaban J connectivity index is 1.26. The van der Waals surface area contributed by atoms with E-state index in [1.54, 1.807) is 46.4 Å². The molecule has 0 spiro atoms. The van der Waals surface area contributed by atoms with Crippen molar-refractivity contribution in [1.29, 1.82) is 0 Å². The van der Waals surface area contributed by atoms with Crippen LogP contribution in [0.25, 0.3) is 22.3 Å². The zero-order valence-electron chi connectivity index (χ0n) is 18.0. The van der Waals surface area contributed by atoms with E-state index in [2.05, 4.69) is 0 Å². The minimum Gasteiger partial charge on any atom is -0.461 e. The zero-order valence-corrected chi connectivity index (χ0v) is 18.8. The quantitative estimate of drug-likeness (QED) is 0.227. The Hall–Kier alpha value is -4.30. The second-order valence-corrected chi connectivity index (χ2v) is 8.45. The molecular weight excluding hydrogens is 450 g/mol. The van der Waals surface area contributed by atoms with Gasteiger partial charge in [0.15, 0.2) is 0 Å². The van der Waals surface area contributed by atoms with Gasteiger partial charge in [-0.05, 0) is 41.8 Å². The van der Waals surface area contributed by atoms with Crippen LogP contribution in [0.2, 0.25) is 0 Å². The number of aromatic nitrogens is 2. The van der Waals surface area contributed by atoms with Gasteiger partial charge in [-0.3, -0.25) is 14.5 Å². The van der Waals surface area contributed by atoms with Gasteiger partial charge in [-0.2, -0.15) is 5.10 Å². The van der Waals surface area contributed by atoms with Gasteiger partial charge in [-0.1, -0.05) is 36.4 Å². The van der Waals surface area contributed by atoms with Crippen molar-refractivity contribution in [3.05, 3.63) is 101 Å². The molecule has 4 aromatic rings. The largest absolute Gasteiger partial charge is 0.461 e. The van der Waals surface area contributed by atoms with Gasteiger partial charge < -0.3 is 4.74 Å². The molecule has 0 saturated carbocycles. The monoisotopic (exact) mass is 469 g/mol. The number of carbonyl (C=O) groups excluding carboxylic acids is 3. The van der Waals surface area contributed by atoms with Crippen LogP contribution in [0.5, 0.6) is 0 Å². The molecule has 2 aromatic carbocycles. The van der Waals surface area contributed by atoms with E-state index in [1.165, 1.54) is 6.08 Å². The molecule has 2 amide bonds. The molecule has 0 fully saturated rings. The van der Waals surface area contributed by atoms with Gasteiger partial charge in [-0.25, -0.2) is 9.48 Å². The highest BCUT2D eigenvalue weighted by molar-refractivity contribution is 7.13. The summed E-state index contributed by atoms with van der Waals surface area (Å²) in [6.45, 7) is -0.0893. The fraction of sp³-hybridized carbons (Fsp3) is 0.0769. The molecule has 34 heavy (non-hydrogen) atoms. The van der Waals surface area contributed by atoms with Gasteiger partial charge >= 0.3 is 5.97 Å². The van der Waals surface area contributed by atoms with Crippen molar-refractivity contribution in [3.8, 4) is 16.3 Å². The number of fused-ring (bicyclic) bond motifs is 1. The van der Waals surface area contributed by atoms with Crippen molar-refractivity contribution in [3.63, 3.8) is 0 Å². The minimum atomic E-state index is -0.568. The lowest BCUT2D eigenvalue weighted by molar-refractivity contribution is -0.137. The standard InChI is InChI=1S/C26H19N3O4S/c30-23(33-15-14-28-25(31)20-9-4-5-10-21(20)26(28)32)13-12-18-17-29(19-7-2-1-3-8-19)27-24(18)22-11-6-16-34-22/h1-13,16-17H,14-15H2. The number of nitrogens with zero attached hydrogens (tertiary/aromatic N) is 3. The first kappa shape index (κ1) is 21.5. The number of imide groups is 1. The molecule has 2 aromatic heterocycles. The zero-order chi connectivity index (χ0) is 23.5. The third-order valence-corrected chi connectivity index (χ3v) is 6.23. The third-order valence-electron chi connectivity index (χ3n) is 5.35. The molecule has 1 aliphatic rings. The molecule has 168 valence electrons. The predicted octanol–water partition coefficient (Wildman–Crippen LogP) is 4.45. The van der Waals surface area contributed by atoms with E-state index in [1.807, 2.05) is 54.0 Å². The molecule has 5 rings (SSSR count). The van der Waals surface area contributed by atoms with Gasteiger partial charge in [0.25, 0.3) is 11.8 Å². The number of hydrogen-bond acceptors (Lipinski definition) is 6. The Morgan fingerprint density at radius 1 is 0.941 bits per heavy atom. The highest BCUT2D eigenvalue weighted by Crippen LogP contribution is 2.28. The second-order valence-electron chi connectivity index (χ2n) is 7.50. The van der Waals surface area contributed by atoms with E-state index in [4.69, 9.17) is 9.84 Å². The molecule has 0 aliphatic carbocycles. The van der Waals surface area contributed by atoms with Crippen molar-refractivity contribution in [2.45, 2.75) is 0 Å². The lowest BCUT2D eigenvalue weighted by Gasteiger charge is -2.13. The number of amides is 2. The topological polar surface area (TPSA) is 81.5 Å². The number of esters is 1. The Kier molecular flexibility index (Phi) is 5.88. The number of carbonyl (C=O) groups is 3. The highest BCUT2D eigenvalue weighted by atomic mass is 32.1. The molecule has 0 N–H and O–H groups in total. The van der Waals surface area contributed by atoms with Crippen molar-refractivity contribution >= 4 is 35.2 Å². The van der Waals surface area contributed by atoms with E-state index in [0.29, 0.717) is 11.1 Å². The summed E-state index contributed by atoms with van der Waals surface area (Å²) in [7, 11) is 0. The first-order valence-corrected chi connectivity index (χ1v) is 11.5. The van der Waals surface area contributed by atoms with Gasteiger partial charge in [0, 0.05) is 17.8 Å². The van der Waals surface area contributed by atoms with Gasteiger partial charge in [0.2, 0.25) is 0 Å². The Morgan fingerprint density at radius 3 is 2.32 bits per heavy atom. The Morgan fingerprint density at radius 2 is 1.65 bits per heavy atom. The summed E-state index contributed by atoms with van der Waals surface area (Å²) in [5.74, 6) is -1.32. The van der Waals surface area contributed by atoms with Crippen LogP contribution in [0.1, 0.15) is 26.3 Å². The summed E-state index contributed by atoms with van der Waals surface area (Å²) in [5, 5.41) is 6.66. The smallest absolute Gasteiger partial charge is 0.330 e. The summed E-state index contributed by atoms with van der Waals surface area (Å²) < 4.78 is 7.01. The van der Waals surface area contributed by atoms with Gasteiger partial charge in [-0.15, -0.1) is 11.3 Å². The number of ether oxygens (including phenoxy) is 1. The van der Waals surface area contributed by atoms with E-state index < -0.39 is 5.97 Å². The fourth-order valence-electron chi connectivity index (χ4n) is 3.71. The highest BCUT2D eigenvalue weighted by Gasteiger charge is 2.34. The molecule has 0 atom stereocenters. The summed E-state index contributed by atoms with van der Waals surface area (Å²) in [6.07, 6.45) is 4.84. The van der Waals surface area contributed by atoms with Crippen LogP contribution in [0.3, 0.4) is 0 Å². The lowest BCUT2D eigenvalue weighted by atomic mass is 10.1. The summed E-state index contributed by atoms with van der Waals surface area (Å²) >= 11 is 1.56. The molecule has 8 heteroatoms. The first-order chi connectivity index (χ1) is 16.6. The average Bonchev–Trinajstić information content (AvgIpc) is 3.59. The van der Waals surface area contributed by atoms with Crippen LogP contribution in [-0.4, -0.2) is 45.6 Å². The van der Waals surface area contributed by atoms with Crippen molar-refractivity contribution in [2.75, 3.05) is 13.2 Å². The minimum absolute atomic E-state index is 0.00167. The van der Waals surface area contributed by atoms with E-state index >= 15 is 0 Å². The molecule has 0 bridgehead atoms. The summed E-state index contributed by atoms with van der Waals surface area (Å²) in [5.41, 5.74) is 3.17. The van der Waals surface area contributed by atoms with Crippen LogP contribution < -0.4 is 0 Å². The van der Waals surface area contributed by atoms with Crippen molar-refractivity contribution in [1.82, 2.24) is 14.7 Å². The second kappa shape index (κ2) is 9.29. The predicted molar refractivity (Wildman–Crippen MR) is 129 cm³/mol. The van der Waals surface area contributed by atoms with Crippen LogP contribution in [0, 0.1) is 0 Å².